The van der Waals surface area contributed by atoms with Crippen molar-refractivity contribution in [3.8, 4) is 0 Å². The van der Waals surface area contributed by atoms with Gasteiger partial charge >= 0.3 is 0 Å². The van der Waals surface area contributed by atoms with Crippen molar-refractivity contribution < 1.29 is 18.0 Å². The molecule has 0 unspecified atom stereocenters. The highest BCUT2D eigenvalue weighted by Gasteiger charge is 2.30. The van der Waals surface area contributed by atoms with Gasteiger partial charge in [0.05, 0.1) is 17.0 Å². The Morgan fingerprint density at radius 1 is 0.970 bits per heavy atom. The van der Waals surface area contributed by atoms with Crippen LogP contribution in [0.15, 0.2) is 65.6 Å². The number of hydrogen-bond donors (Lipinski definition) is 0. The van der Waals surface area contributed by atoms with Crippen molar-refractivity contribution in [2.45, 2.75) is 39.0 Å². The normalized spacial score (nSPS) is 12.5. The molecule has 3 aromatic rings. The second kappa shape index (κ2) is 9.53. The predicted octanol–water partition coefficient (Wildman–Crippen LogP) is 4.53. The fraction of sp³-hybridized carbons (Fsp3) is 0.346. The van der Waals surface area contributed by atoms with Gasteiger partial charge in [-0.05, 0) is 36.2 Å². The third-order valence-corrected chi connectivity index (χ3v) is 7.56. The van der Waals surface area contributed by atoms with Crippen LogP contribution in [0.25, 0.3) is 10.9 Å². The zero-order valence-electron chi connectivity index (χ0n) is 19.7. The number of aromatic nitrogens is 1. The molecule has 0 amide bonds. The first kappa shape index (κ1) is 24.7. The van der Waals surface area contributed by atoms with Crippen LogP contribution in [0, 0.1) is 11.3 Å². The molecule has 0 radical (unpaired) electrons. The largest absolute Gasteiger partial charge is 0.298 e. The Morgan fingerprint density at radius 2 is 1.61 bits per heavy atom. The van der Waals surface area contributed by atoms with Crippen molar-refractivity contribution in [3.05, 3.63) is 71.9 Å². The maximum absolute atomic E-state index is 13.2. The van der Waals surface area contributed by atoms with Gasteiger partial charge in [0, 0.05) is 23.8 Å². The number of rotatable bonds is 9. The molecule has 0 aliphatic heterocycles. The van der Waals surface area contributed by atoms with E-state index in [1.54, 1.807) is 32.0 Å². The van der Waals surface area contributed by atoms with Crippen molar-refractivity contribution in [2.75, 3.05) is 13.6 Å². The van der Waals surface area contributed by atoms with Gasteiger partial charge in [0.15, 0.2) is 5.78 Å². The van der Waals surface area contributed by atoms with Gasteiger partial charge < -0.3 is 0 Å². The standard InChI is InChI=1S/C26H30N2O4S/c1-18(2)24(29)17-28(5)33(31,32)21-13-10-19(11-14-21)16-26(3,4)25(30)23-15-12-20-8-6-7-9-22(20)27-23/h6-15,18H,16-17H2,1-5H3. The average molecular weight is 467 g/mol. The SMILES string of the molecule is CC(C)C(=O)CN(C)S(=O)(=O)c1ccc(CC(C)(C)C(=O)c2ccc3ccccc3n2)cc1. The summed E-state index contributed by atoms with van der Waals surface area (Å²) >= 11 is 0. The van der Waals surface area contributed by atoms with E-state index in [0.717, 1.165) is 20.8 Å². The van der Waals surface area contributed by atoms with E-state index in [2.05, 4.69) is 4.98 Å². The maximum Gasteiger partial charge on any atom is 0.243 e. The summed E-state index contributed by atoms with van der Waals surface area (Å²) in [6.07, 6.45) is 0.433. The number of pyridine rings is 1. The Morgan fingerprint density at radius 3 is 2.24 bits per heavy atom. The van der Waals surface area contributed by atoms with E-state index in [9.17, 15) is 18.0 Å². The molecule has 3 rings (SSSR count). The van der Waals surface area contributed by atoms with Crippen LogP contribution in [-0.2, 0) is 21.2 Å². The molecule has 6 nitrogen and oxygen atoms in total. The third kappa shape index (κ3) is 5.54. The Labute approximate surface area is 195 Å². The van der Waals surface area contributed by atoms with Gasteiger partial charge in [0.2, 0.25) is 10.0 Å². The van der Waals surface area contributed by atoms with E-state index in [-0.39, 0.29) is 28.9 Å². The molecule has 0 saturated heterocycles. The number of likely N-dealkylation sites (N-methyl/N-ethyl adjacent to an activating group) is 1. The Kier molecular flexibility index (Phi) is 7.14. The second-order valence-electron chi connectivity index (χ2n) is 9.31. The summed E-state index contributed by atoms with van der Waals surface area (Å²) in [6.45, 7) is 7.05. The fourth-order valence-corrected chi connectivity index (χ4v) is 4.71. The van der Waals surface area contributed by atoms with E-state index in [1.807, 2.05) is 44.2 Å². The zero-order chi connectivity index (χ0) is 24.4. The van der Waals surface area contributed by atoms with Crippen molar-refractivity contribution in [1.82, 2.24) is 9.29 Å². The van der Waals surface area contributed by atoms with Gasteiger partial charge in [-0.2, -0.15) is 4.31 Å². The van der Waals surface area contributed by atoms with Crippen LogP contribution >= 0.6 is 0 Å². The van der Waals surface area contributed by atoms with E-state index in [1.165, 1.54) is 19.2 Å². The molecule has 33 heavy (non-hydrogen) atoms. The second-order valence-corrected chi connectivity index (χ2v) is 11.3. The molecule has 7 heteroatoms. The average Bonchev–Trinajstić information content (AvgIpc) is 2.78. The van der Waals surface area contributed by atoms with Gasteiger partial charge in [-0.15, -0.1) is 0 Å². The van der Waals surface area contributed by atoms with Crippen LogP contribution in [0.3, 0.4) is 0 Å². The van der Waals surface area contributed by atoms with Crippen LogP contribution < -0.4 is 0 Å². The highest BCUT2D eigenvalue weighted by atomic mass is 32.2. The van der Waals surface area contributed by atoms with Crippen LogP contribution in [0.4, 0.5) is 0 Å². The Hall–Kier alpha value is -2.90. The molecule has 0 saturated carbocycles. The fourth-order valence-electron chi connectivity index (χ4n) is 3.58. The summed E-state index contributed by atoms with van der Waals surface area (Å²) in [5, 5.41) is 0.976. The highest BCUT2D eigenvalue weighted by Crippen LogP contribution is 2.28. The molecule has 1 aromatic heterocycles. The van der Waals surface area contributed by atoms with Crippen molar-refractivity contribution in [1.29, 1.82) is 0 Å². The lowest BCUT2D eigenvalue weighted by molar-refractivity contribution is -0.121. The molecule has 0 spiro atoms. The van der Waals surface area contributed by atoms with E-state index in [4.69, 9.17) is 0 Å². The summed E-state index contributed by atoms with van der Waals surface area (Å²) in [6, 6.07) is 17.8. The zero-order valence-corrected chi connectivity index (χ0v) is 20.5. The summed E-state index contributed by atoms with van der Waals surface area (Å²) < 4.78 is 26.7. The van der Waals surface area contributed by atoms with Crippen LogP contribution in [-0.4, -0.2) is 42.9 Å². The molecular formula is C26H30N2O4S. The Balaban J connectivity index is 1.76. The molecule has 0 aliphatic rings. The topological polar surface area (TPSA) is 84.4 Å². The van der Waals surface area contributed by atoms with Crippen molar-refractivity contribution >= 4 is 32.5 Å². The predicted molar refractivity (Wildman–Crippen MR) is 130 cm³/mol. The summed E-state index contributed by atoms with van der Waals surface area (Å²) in [7, 11) is -2.37. The number of sulfonamides is 1. The number of nitrogens with zero attached hydrogens (tertiary/aromatic N) is 2. The Bertz CT molecular complexity index is 1280. The molecule has 174 valence electrons. The van der Waals surface area contributed by atoms with E-state index >= 15 is 0 Å². The number of benzene rings is 2. The highest BCUT2D eigenvalue weighted by molar-refractivity contribution is 7.89. The number of para-hydroxylation sites is 1. The first-order valence-corrected chi connectivity index (χ1v) is 12.3. The number of ketones is 2. The summed E-state index contributed by atoms with van der Waals surface area (Å²) in [5.41, 5.74) is 1.30. The molecule has 2 aromatic carbocycles. The molecule has 0 atom stereocenters. The first-order chi connectivity index (χ1) is 15.4. The van der Waals surface area contributed by atoms with Gasteiger partial charge in [-0.25, -0.2) is 13.4 Å². The molecular weight excluding hydrogens is 436 g/mol. The number of carbonyl (C=O) groups excluding carboxylic acids is 2. The lowest BCUT2D eigenvalue weighted by Crippen LogP contribution is -2.33. The molecule has 1 heterocycles. The number of carbonyl (C=O) groups is 2. The first-order valence-electron chi connectivity index (χ1n) is 10.9. The number of fused-ring (bicyclic) bond motifs is 1. The smallest absolute Gasteiger partial charge is 0.243 e. The lowest BCUT2D eigenvalue weighted by atomic mass is 9.80. The number of hydrogen-bond acceptors (Lipinski definition) is 5. The summed E-state index contributed by atoms with van der Waals surface area (Å²) in [4.78, 5) is 29.8. The molecule has 0 N–H and O–H groups in total. The van der Waals surface area contributed by atoms with Crippen LogP contribution in [0.2, 0.25) is 0 Å². The minimum Gasteiger partial charge on any atom is -0.298 e. The minimum absolute atomic E-state index is 0.0723. The van der Waals surface area contributed by atoms with Crippen molar-refractivity contribution in [2.24, 2.45) is 11.3 Å². The monoisotopic (exact) mass is 466 g/mol. The number of Topliss-reactive ketones (excluding diaryl/α,β-unsaturated/α-hetero) is 2. The molecule has 0 bridgehead atoms. The van der Waals surface area contributed by atoms with Gasteiger partial charge in [-0.3, -0.25) is 9.59 Å². The third-order valence-electron chi connectivity index (χ3n) is 5.75. The van der Waals surface area contributed by atoms with Gasteiger partial charge in [0.1, 0.15) is 11.5 Å². The van der Waals surface area contributed by atoms with Gasteiger partial charge in [0.25, 0.3) is 0 Å². The minimum atomic E-state index is -3.77. The van der Waals surface area contributed by atoms with E-state index < -0.39 is 15.4 Å². The molecule has 0 aliphatic carbocycles. The van der Waals surface area contributed by atoms with Crippen LogP contribution in [0.1, 0.15) is 43.7 Å². The van der Waals surface area contributed by atoms with Crippen LogP contribution in [0.5, 0.6) is 0 Å². The summed E-state index contributed by atoms with van der Waals surface area (Å²) in [5.74, 6) is -0.445. The van der Waals surface area contributed by atoms with Gasteiger partial charge in [-0.1, -0.05) is 64.1 Å². The van der Waals surface area contributed by atoms with Crippen molar-refractivity contribution in [3.63, 3.8) is 0 Å². The van der Waals surface area contributed by atoms with E-state index in [0.29, 0.717) is 12.1 Å². The molecule has 0 fully saturated rings. The quantitative estimate of drug-likeness (QED) is 0.433. The maximum atomic E-state index is 13.2. The lowest BCUT2D eigenvalue weighted by Gasteiger charge is -2.23.